The lowest BCUT2D eigenvalue weighted by Crippen LogP contribution is -2.13. The predicted octanol–water partition coefficient (Wildman–Crippen LogP) is 3.44. The van der Waals surface area contributed by atoms with Crippen LogP contribution in [-0.4, -0.2) is 24.3 Å². The van der Waals surface area contributed by atoms with E-state index in [4.69, 9.17) is 5.26 Å². The van der Waals surface area contributed by atoms with Gasteiger partial charge in [0.05, 0.1) is 11.3 Å². The Morgan fingerprint density at radius 2 is 2.19 bits per heavy atom. The SMILES string of the molecule is CSc1cccc(NCC(C)SC)c1C#N. The van der Waals surface area contributed by atoms with Crippen LogP contribution in [0, 0.1) is 11.3 Å². The zero-order valence-electron chi connectivity index (χ0n) is 9.78. The third-order valence-corrected chi connectivity index (χ3v) is 4.09. The van der Waals surface area contributed by atoms with Gasteiger partial charge in [-0.25, -0.2) is 0 Å². The van der Waals surface area contributed by atoms with Crippen molar-refractivity contribution in [3.8, 4) is 6.07 Å². The summed E-state index contributed by atoms with van der Waals surface area (Å²) in [6.45, 7) is 3.05. The molecule has 0 radical (unpaired) electrons. The summed E-state index contributed by atoms with van der Waals surface area (Å²) in [7, 11) is 0. The highest BCUT2D eigenvalue weighted by Gasteiger charge is 2.07. The summed E-state index contributed by atoms with van der Waals surface area (Å²) in [6.07, 6.45) is 4.08. The van der Waals surface area contributed by atoms with Crippen molar-refractivity contribution >= 4 is 29.2 Å². The fourth-order valence-corrected chi connectivity index (χ4v) is 2.13. The molecular formula is C12H16N2S2. The number of nitrogens with one attached hydrogen (secondary N) is 1. The van der Waals surface area contributed by atoms with Crippen LogP contribution in [0.3, 0.4) is 0 Å². The van der Waals surface area contributed by atoms with E-state index in [2.05, 4.69) is 24.6 Å². The topological polar surface area (TPSA) is 35.8 Å². The molecule has 0 heterocycles. The standard InChI is InChI=1S/C12H16N2S2/c1-9(15-2)8-14-11-5-4-6-12(16-3)10(11)7-13/h4-6,9,14H,8H2,1-3H3. The molecule has 0 bridgehead atoms. The minimum absolute atomic E-state index is 0.546. The van der Waals surface area contributed by atoms with Gasteiger partial charge in [-0.15, -0.1) is 11.8 Å². The molecule has 0 spiro atoms. The maximum absolute atomic E-state index is 9.14. The van der Waals surface area contributed by atoms with E-state index in [-0.39, 0.29) is 0 Å². The third kappa shape index (κ3) is 3.36. The molecule has 0 aliphatic heterocycles. The van der Waals surface area contributed by atoms with Gasteiger partial charge in [0.2, 0.25) is 0 Å². The van der Waals surface area contributed by atoms with Gasteiger partial charge >= 0.3 is 0 Å². The quantitative estimate of drug-likeness (QED) is 0.814. The Balaban J connectivity index is 2.84. The Hall–Kier alpha value is -0.790. The molecule has 0 aromatic heterocycles. The monoisotopic (exact) mass is 252 g/mol. The maximum Gasteiger partial charge on any atom is 0.102 e. The molecular weight excluding hydrogens is 236 g/mol. The molecule has 86 valence electrons. The fraction of sp³-hybridized carbons (Fsp3) is 0.417. The first kappa shape index (κ1) is 13.3. The van der Waals surface area contributed by atoms with Crippen molar-refractivity contribution in [2.24, 2.45) is 0 Å². The van der Waals surface area contributed by atoms with Crippen molar-refractivity contribution in [2.45, 2.75) is 17.1 Å². The van der Waals surface area contributed by atoms with Crippen LogP contribution in [0.1, 0.15) is 12.5 Å². The number of hydrogen-bond acceptors (Lipinski definition) is 4. The zero-order chi connectivity index (χ0) is 12.0. The number of anilines is 1. The highest BCUT2D eigenvalue weighted by Crippen LogP contribution is 2.26. The first-order valence-electron chi connectivity index (χ1n) is 5.06. The molecule has 0 saturated heterocycles. The third-order valence-electron chi connectivity index (χ3n) is 2.34. The average molecular weight is 252 g/mol. The summed E-state index contributed by atoms with van der Waals surface area (Å²) in [5.74, 6) is 0. The first-order valence-corrected chi connectivity index (χ1v) is 7.58. The van der Waals surface area contributed by atoms with E-state index in [1.807, 2.05) is 36.2 Å². The Bertz CT molecular complexity index is 385. The van der Waals surface area contributed by atoms with Gasteiger partial charge < -0.3 is 5.32 Å². The van der Waals surface area contributed by atoms with Gasteiger partial charge in [0, 0.05) is 16.7 Å². The molecule has 0 amide bonds. The van der Waals surface area contributed by atoms with Crippen LogP contribution in [0.2, 0.25) is 0 Å². The van der Waals surface area contributed by atoms with E-state index < -0.39 is 0 Å². The number of rotatable bonds is 5. The molecule has 0 saturated carbocycles. The molecule has 4 heteroatoms. The van der Waals surface area contributed by atoms with Gasteiger partial charge in [0.25, 0.3) is 0 Å². The van der Waals surface area contributed by atoms with Gasteiger partial charge in [-0.2, -0.15) is 17.0 Å². The van der Waals surface area contributed by atoms with Crippen LogP contribution < -0.4 is 5.32 Å². The Labute approximate surface area is 106 Å². The molecule has 1 unspecified atom stereocenters. The molecule has 0 fully saturated rings. The molecule has 1 N–H and O–H groups in total. The second-order valence-corrected chi connectivity index (χ2v) is 5.55. The summed E-state index contributed by atoms with van der Waals surface area (Å²) >= 11 is 3.42. The molecule has 1 rings (SSSR count). The lowest BCUT2D eigenvalue weighted by Gasteiger charge is -2.13. The van der Waals surface area contributed by atoms with Gasteiger partial charge in [0.15, 0.2) is 0 Å². The number of benzene rings is 1. The van der Waals surface area contributed by atoms with Crippen molar-refractivity contribution in [3.05, 3.63) is 23.8 Å². The average Bonchev–Trinajstić information content (AvgIpc) is 2.34. The molecule has 1 aromatic rings. The first-order chi connectivity index (χ1) is 7.72. The van der Waals surface area contributed by atoms with Gasteiger partial charge in [-0.1, -0.05) is 13.0 Å². The Morgan fingerprint density at radius 1 is 1.44 bits per heavy atom. The predicted molar refractivity (Wildman–Crippen MR) is 74.4 cm³/mol. The van der Waals surface area contributed by atoms with E-state index in [0.29, 0.717) is 5.25 Å². The summed E-state index contributed by atoms with van der Waals surface area (Å²) < 4.78 is 0. The zero-order valence-corrected chi connectivity index (χ0v) is 11.4. The lowest BCUT2D eigenvalue weighted by molar-refractivity contribution is 1.00. The second kappa shape index (κ2) is 6.72. The van der Waals surface area contributed by atoms with Crippen molar-refractivity contribution in [1.82, 2.24) is 0 Å². The van der Waals surface area contributed by atoms with Crippen LogP contribution in [0.4, 0.5) is 5.69 Å². The highest BCUT2D eigenvalue weighted by atomic mass is 32.2. The van der Waals surface area contributed by atoms with Gasteiger partial charge in [-0.3, -0.25) is 0 Å². The van der Waals surface area contributed by atoms with Crippen LogP contribution in [-0.2, 0) is 0 Å². The van der Waals surface area contributed by atoms with E-state index in [9.17, 15) is 0 Å². The maximum atomic E-state index is 9.14. The summed E-state index contributed by atoms with van der Waals surface area (Å²) in [4.78, 5) is 1.03. The normalized spacial score (nSPS) is 11.9. The summed E-state index contributed by atoms with van der Waals surface area (Å²) in [5, 5.41) is 13.0. The molecule has 0 aliphatic rings. The minimum Gasteiger partial charge on any atom is -0.383 e. The van der Waals surface area contributed by atoms with E-state index in [1.54, 1.807) is 11.8 Å². The molecule has 1 aromatic carbocycles. The van der Waals surface area contributed by atoms with Crippen molar-refractivity contribution in [2.75, 3.05) is 24.4 Å². The molecule has 2 nitrogen and oxygen atoms in total. The van der Waals surface area contributed by atoms with Crippen LogP contribution in [0.15, 0.2) is 23.1 Å². The van der Waals surface area contributed by atoms with E-state index in [0.717, 1.165) is 22.7 Å². The highest BCUT2D eigenvalue weighted by molar-refractivity contribution is 7.99. The number of thioether (sulfide) groups is 2. The lowest BCUT2D eigenvalue weighted by atomic mass is 10.2. The molecule has 16 heavy (non-hydrogen) atoms. The number of nitriles is 1. The van der Waals surface area contributed by atoms with Crippen LogP contribution in [0.5, 0.6) is 0 Å². The smallest absolute Gasteiger partial charge is 0.102 e. The largest absolute Gasteiger partial charge is 0.383 e. The van der Waals surface area contributed by atoms with E-state index >= 15 is 0 Å². The van der Waals surface area contributed by atoms with Gasteiger partial charge in [-0.05, 0) is 24.6 Å². The number of nitrogens with zero attached hydrogens (tertiary/aromatic N) is 1. The van der Waals surface area contributed by atoms with Crippen molar-refractivity contribution in [3.63, 3.8) is 0 Å². The fourth-order valence-electron chi connectivity index (χ4n) is 1.30. The summed E-state index contributed by atoms with van der Waals surface area (Å²) in [5.41, 5.74) is 1.69. The van der Waals surface area contributed by atoms with Crippen molar-refractivity contribution < 1.29 is 0 Å². The molecule has 0 aliphatic carbocycles. The summed E-state index contributed by atoms with van der Waals surface area (Å²) in [6, 6.07) is 8.19. The van der Waals surface area contributed by atoms with Gasteiger partial charge in [0.1, 0.15) is 6.07 Å². The van der Waals surface area contributed by atoms with E-state index in [1.165, 1.54) is 0 Å². The van der Waals surface area contributed by atoms with Crippen LogP contribution in [0.25, 0.3) is 0 Å². The van der Waals surface area contributed by atoms with Crippen LogP contribution >= 0.6 is 23.5 Å². The number of hydrogen-bond donors (Lipinski definition) is 1. The Morgan fingerprint density at radius 3 is 2.75 bits per heavy atom. The second-order valence-electron chi connectivity index (χ2n) is 3.42. The Kier molecular flexibility index (Phi) is 5.58. The molecule has 1 atom stereocenters. The van der Waals surface area contributed by atoms with Crippen molar-refractivity contribution in [1.29, 1.82) is 5.26 Å². The minimum atomic E-state index is 0.546.